The maximum Gasteiger partial charge on any atom is 0.468 e. The Labute approximate surface area is 160 Å². The van der Waals surface area contributed by atoms with E-state index >= 15 is 0 Å². The van der Waals surface area contributed by atoms with Crippen LogP contribution in [0.3, 0.4) is 0 Å². The van der Waals surface area contributed by atoms with Crippen LogP contribution >= 0.6 is 11.3 Å². The van der Waals surface area contributed by atoms with Crippen molar-refractivity contribution in [2.45, 2.75) is 57.6 Å². The number of hydrogen-bond donors (Lipinski definition) is 0. The van der Waals surface area contributed by atoms with Gasteiger partial charge in [-0.3, -0.25) is 0 Å². The third kappa shape index (κ3) is 3.03. The van der Waals surface area contributed by atoms with Gasteiger partial charge in [-0.2, -0.15) is 0 Å². The van der Waals surface area contributed by atoms with Crippen molar-refractivity contribution in [2.75, 3.05) is 38.1 Å². The van der Waals surface area contributed by atoms with Crippen molar-refractivity contribution in [3.05, 3.63) is 9.88 Å². The zero-order valence-electron chi connectivity index (χ0n) is 16.8. The summed E-state index contributed by atoms with van der Waals surface area (Å²) in [5, 5.41) is 2.11. The summed E-state index contributed by atoms with van der Waals surface area (Å²) in [4.78, 5) is 9.69. The summed E-state index contributed by atoms with van der Waals surface area (Å²) in [5.74, 6) is 0. The average Bonchev–Trinajstić information content (AvgIpc) is 3.06. The number of fused-ring (bicyclic) bond motifs is 1. The third-order valence-corrected chi connectivity index (χ3v) is 7.51. The highest BCUT2D eigenvalue weighted by molar-refractivity contribution is 7.13. The molecule has 142 valence electrons. The van der Waals surface area contributed by atoms with E-state index in [2.05, 4.69) is 63.6 Å². The molecule has 1 aromatic rings. The highest BCUT2D eigenvalue weighted by atomic mass is 32.1. The summed E-state index contributed by atoms with van der Waals surface area (Å²) >= 11 is 1.80. The Bertz CT molecular complexity index is 797. The first-order chi connectivity index (χ1) is 12.1. The number of hydrogen-bond acceptors (Lipinski definition) is 6. The van der Waals surface area contributed by atoms with Crippen LogP contribution in [0.15, 0.2) is 0 Å². The molecule has 0 N–H and O–H groups in total. The smallest absolute Gasteiger partial charge is 0.403 e. The van der Waals surface area contributed by atoms with Gasteiger partial charge in [0.15, 0.2) is 5.13 Å². The highest BCUT2D eigenvalue weighted by Gasteiger charge is 2.57. The van der Waals surface area contributed by atoms with Crippen LogP contribution in [0.25, 0.3) is 12.2 Å². The van der Waals surface area contributed by atoms with E-state index in [0.29, 0.717) is 0 Å². The minimum atomic E-state index is -0.298. The summed E-state index contributed by atoms with van der Waals surface area (Å²) in [6.45, 7) is 15.0. The summed E-state index contributed by atoms with van der Waals surface area (Å²) in [7, 11) is 1.95. The van der Waals surface area contributed by atoms with Gasteiger partial charge in [0.05, 0.1) is 21.1 Å². The lowest BCUT2D eigenvalue weighted by atomic mass is 9.56. The molecule has 3 aliphatic rings. The number of likely N-dealkylation sites (N-methyl/N-ethyl adjacent to an activating group) is 1. The van der Waals surface area contributed by atoms with Gasteiger partial charge in [-0.25, -0.2) is 4.98 Å². The fraction of sp³-hybridized carbons (Fsp3) is 0.737. The van der Waals surface area contributed by atoms with E-state index in [1.807, 2.05) is 0 Å². The van der Waals surface area contributed by atoms with Gasteiger partial charge in [-0.05, 0) is 41.2 Å². The van der Waals surface area contributed by atoms with Gasteiger partial charge in [-0.15, -0.1) is 0 Å². The van der Waals surface area contributed by atoms with E-state index in [-0.39, 0.29) is 23.6 Å². The molecule has 1 aromatic heterocycles. The van der Waals surface area contributed by atoms with Crippen molar-refractivity contribution in [1.82, 2.24) is 9.88 Å². The molecule has 0 radical (unpaired) electrons. The molecule has 2 fully saturated rings. The summed E-state index contributed by atoms with van der Waals surface area (Å²) in [5.41, 5.74) is -0.596. The van der Waals surface area contributed by atoms with Crippen LogP contribution in [0, 0.1) is 0 Å². The molecule has 0 saturated carbocycles. The third-order valence-electron chi connectivity index (χ3n) is 6.43. The Morgan fingerprint density at radius 2 is 1.65 bits per heavy atom. The maximum absolute atomic E-state index is 6.35. The Hall–Kier alpha value is -0.885. The van der Waals surface area contributed by atoms with Gasteiger partial charge < -0.3 is 19.1 Å². The lowest BCUT2D eigenvalue weighted by Crippen LogP contribution is -2.44. The number of rotatable bonds is 2. The molecule has 7 heteroatoms. The predicted molar refractivity (Wildman–Crippen MR) is 109 cm³/mol. The van der Waals surface area contributed by atoms with Crippen LogP contribution in [0.1, 0.15) is 41.0 Å². The quantitative estimate of drug-likeness (QED) is 0.736. The first-order valence-corrected chi connectivity index (χ1v) is 10.4. The highest BCUT2D eigenvalue weighted by Crippen LogP contribution is 2.48. The van der Waals surface area contributed by atoms with Crippen molar-refractivity contribution in [1.29, 1.82) is 0 Å². The van der Waals surface area contributed by atoms with Gasteiger partial charge in [0, 0.05) is 31.5 Å². The van der Waals surface area contributed by atoms with E-state index in [1.165, 1.54) is 4.53 Å². The standard InChI is InChI=1S/C19H30BN3O2S/c1-17(2)18(3,4)25-20(24-17)19(5)8-7-14-15(13-19)26-16(21-14)23-11-9-22(6)10-12-23/h7,13H,8-12H2,1-6H3. The van der Waals surface area contributed by atoms with Crippen molar-refractivity contribution >= 4 is 35.7 Å². The Balaban J connectivity index is 1.61. The molecule has 0 aromatic carbocycles. The molecule has 1 atom stereocenters. The van der Waals surface area contributed by atoms with E-state index in [1.54, 1.807) is 11.3 Å². The van der Waals surface area contributed by atoms with Gasteiger partial charge in [0.2, 0.25) is 0 Å². The fourth-order valence-electron chi connectivity index (χ4n) is 3.67. The largest absolute Gasteiger partial charge is 0.468 e. The topological polar surface area (TPSA) is 37.8 Å². The van der Waals surface area contributed by atoms with Crippen molar-refractivity contribution < 1.29 is 9.31 Å². The van der Waals surface area contributed by atoms with E-state index in [9.17, 15) is 0 Å². The van der Waals surface area contributed by atoms with Crippen LogP contribution in [-0.4, -0.2) is 61.4 Å². The molecule has 2 saturated heterocycles. The van der Waals surface area contributed by atoms with Gasteiger partial charge in [-0.1, -0.05) is 30.4 Å². The summed E-state index contributed by atoms with van der Waals surface area (Å²) in [6.07, 6.45) is 5.49. The predicted octanol–water partition coefficient (Wildman–Crippen LogP) is 1.71. The zero-order chi connectivity index (χ0) is 18.7. The van der Waals surface area contributed by atoms with Gasteiger partial charge in [0.25, 0.3) is 0 Å². The Morgan fingerprint density at radius 3 is 2.27 bits per heavy atom. The lowest BCUT2D eigenvalue weighted by Gasteiger charge is -2.32. The molecule has 5 nitrogen and oxygen atoms in total. The van der Waals surface area contributed by atoms with Crippen molar-refractivity contribution in [2.24, 2.45) is 0 Å². The molecule has 3 heterocycles. The Kier molecular flexibility index (Phi) is 4.31. The molecule has 26 heavy (non-hydrogen) atoms. The van der Waals surface area contributed by atoms with Crippen LogP contribution in [0.4, 0.5) is 5.13 Å². The maximum atomic E-state index is 6.35. The molecule has 4 rings (SSSR count). The van der Waals surface area contributed by atoms with Crippen LogP contribution in [0.2, 0.25) is 5.31 Å². The zero-order valence-corrected chi connectivity index (χ0v) is 17.7. The molecule has 0 spiro atoms. The van der Waals surface area contributed by atoms with Crippen LogP contribution in [-0.2, 0) is 9.31 Å². The van der Waals surface area contributed by atoms with Crippen molar-refractivity contribution in [3.63, 3.8) is 0 Å². The summed E-state index contributed by atoms with van der Waals surface area (Å²) < 4.78 is 14.0. The number of anilines is 1. The fourth-order valence-corrected chi connectivity index (χ4v) is 4.88. The van der Waals surface area contributed by atoms with Crippen molar-refractivity contribution in [3.8, 4) is 0 Å². The number of thiazole rings is 1. The number of piperazine rings is 1. The monoisotopic (exact) mass is 375 g/mol. The second-order valence-corrected chi connectivity index (χ2v) is 10.2. The molecule has 1 aliphatic carbocycles. The lowest BCUT2D eigenvalue weighted by molar-refractivity contribution is 0.00578. The van der Waals surface area contributed by atoms with E-state index < -0.39 is 0 Å². The first-order valence-electron chi connectivity index (χ1n) is 9.59. The minimum absolute atomic E-state index is 0.163. The summed E-state index contributed by atoms with van der Waals surface area (Å²) in [6, 6.07) is 0. The van der Waals surface area contributed by atoms with Crippen LogP contribution < -0.4 is 14.8 Å². The minimum Gasteiger partial charge on any atom is -0.403 e. The first kappa shape index (κ1) is 18.5. The second-order valence-electron chi connectivity index (χ2n) is 9.18. The molecular weight excluding hydrogens is 345 g/mol. The molecule has 2 aliphatic heterocycles. The molecule has 1 unspecified atom stereocenters. The van der Waals surface area contributed by atoms with E-state index in [4.69, 9.17) is 14.3 Å². The van der Waals surface area contributed by atoms with Gasteiger partial charge in [0.1, 0.15) is 0 Å². The second kappa shape index (κ2) is 6.06. The van der Waals surface area contributed by atoms with Crippen LogP contribution in [0.5, 0.6) is 0 Å². The number of nitrogens with zero attached hydrogens (tertiary/aromatic N) is 3. The number of aromatic nitrogens is 1. The molecule has 0 amide bonds. The van der Waals surface area contributed by atoms with E-state index in [0.717, 1.165) is 43.1 Å². The SMILES string of the molecule is CN1CCN(c2nc3c(s2)=CC(C)(B2OC(C)(C)C(C)(C)O2)CC=3)CC1. The Morgan fingerprint density at radius 1 is 1.04 bits per heavy atom. The normalized spacial score (nSPS) is 30.7. The average molecular weight is 375 g/mol. The van der Waals surface area contributed by atoms with Gasteiger partial charge >= 0.3 is 7.12 Å². The molecular formula is C19H30BN3O2S. The molecule has 0 bridgehead atoms.